The number of ether oxygens (including phenoxy) is 2. The summed E-state index contributed by atoms with van der Waals surface area (Å²) in [6.07, 6.45) is 5.20. The largest absolute Gasteiger partial charge is 0.382 e. The highest BCUT2D eigenvalue weighted by Gasteiger charge is 1.98. The Morgan fingerprint density at radius 2 is 2.33 bits per heavy atom. The highest BCUT2D eigenvalue weighted by Crippen LogP contribution is 1.89. The molecule has 0 heterocycles. The Morgan fingerprint density at radius 3 is 2.92 bits per heavy atom. The van der Waals surface area contributed by atoms with Crippen molar-refractivity contribution in [1.29, 1.82) is 0 Å². The van der Waals surface area contributed by atoms with Crippen molar-refractivity contribution in [3.05, 3.63) is 0 Å². The first-order valence-electron chi connectivity index (χ1n) is 4.06. The molecule has 0 aromatic carbocycles. The minimum absolute atomic E-state index is 0.155. The molecule has 0 amide bonds. The first-order valence-corrected chi connectivity index (χ1v) is 4.06. The van der Waals surface area contributed by atoms with Crippen LogP contribution < -0.4 is 5.32 Å². The van der Waals surface area contributed by atoms with Gasteiger partial charge in [-0.3, -0.25) is 0 Å². The van der Waals surface area contributed by atoms with E-state index in [4.69, 9.17) is 15.9 Å². The molecule has 0 aliphatic rings. The second-order valence-corrected chi connectivity index (χ2v) is 2.52. The maximum atomic E-state index is 5.37. The van der Waals surface area contributed by atoms with Gasteiger partial charge in [0.25, 0.3) is 0 Å². The van der Waals surface area contributed by atoms with Crippen LogP contribution in [0.2, 0.25) is 0 Å². The van der Waals surface area contributed by atoms with Crippen LogP contribution in [0.1, 0.15) is 6.92 Å². The van der Waals surface area contributed by atoms with Crippen LogP contribution in [0.3, 0.4) is 0 Å². The summed E-state index contributed by atoms with van der Waals surface area (Å²) < 4.78 is 10.3. The maximum absolute atomic E-state index is 5.37. The van der Waals surface area contributed by atoms with Crippen molar-refractivity contribution in [2.24, 2.45) is 0 Å². The summed E-state index contributed by atoms with van der Waals surface area (Å²) in [6, 6.07) is 0. The van der Waals surface area contributed by atoms with Crippen molar-refractivity contribution in [2.45, 2.75) is 13.0 Å². The predicted octanol–water partition coefficient (Wildman–Crippen LogP) is 0.261. The Labute approximate surface area is 74.4 Å². The SMILES string of the molecule is C#CCNCCOC(C)COC. The van der Waals surface area contributed by atoms with Gasteiger partial charge in [0.2, 0.25) is 0 Å². The third-order valence-corrected chi connectivity index (χ3v) is 1.31. The molecule has 3 nitrogen and oxygen atoms in total. The fourth-order valence-corrected chi connectivity index (χ4v) is 0.776. The van der Waals surface area contributed by atoms with E-state index in [9.17, 15) is 0 Å². The maximum Gasteiger partial charge on any atom is 0.0780 e. The van der Waals surface area contributed by atoms with E-state index in [2.05, 4.69) is 11.2 Å². The van der Waals surface area contributed by atoms with Crippen LogP contribution >= 0.6 is 0 Å². The molecule has 0 fully saturated rings. The summed E-state index contributed by atoms with van der Waals surface area (Å²) in [6.45, 7) is 4.67. The van der Waals surface area contributed by atoms with E-state index in [1.54, 1.807) is 7.11 Å². The first-order chi connectivity index (χ1) is 5.81. The number of rotatable bonds is 7. The van der Waals surface area contributed by atoms with Gasteiger partial charge in [0.05, 0.1) is 25.9 Å². The second-order valence-electron chi connectivity index (χ2n) is 2.52. The number of hydrogen-bond acceptors (Lipinski definition) is 3. The van der Waals surface area contributed by atoms with Gasteiger partial charge in [0, 0.05) is 13.7 Å². The molecule has 12 heavy (non-hydrogen) atoms. The van der Waals surface area contributed by atoms with Crippen LogP contribution in [0.25, 0.3) is 0 Å². The van der Waals surface area contributed by atoms with Crippen LogP contribution in [0.4, 0.5) is 0 Å². The Balaban J connectivity index is 3.04. The molecule has 0 aromatic heterocycles. The molecule has 0 rings (SSSR count). The Bertz CT molecular complexity index is 131. The molecule has 1 N–H and O–H groups in total. The normalized spacial score (nSPS) is 12.4. The van der Waals surface area contributed by atoms with Gasteiger partial charge in [-0.1, -0.05) is 5.92 Å². The second kappa shape index (κ2) is 8.54. The Hall–Kier alpha value is -0.560. The Morgan fingerprint density at radius 1 is 1.58 bits per heavy atom. The molecule has 1 unspecified atom stereocenters. The summed E-state index contributed by atoms with van der Waals surface area (Å²) >= 11 is 0. The number of nitrogens with one attached hydrogen (secondary N) is 1. The van der Waals surface area contributed by atoms with E-state index >= 15 is 0 Å². The van der Waals surface area contributed by atoms with Crippen molar-refractivity contribution in [3.63, 3.8) is 0 Å². The molecular weight excluding hydrogens is 154 g/mol. The molecule has 0 saturated heterocycles. The van der Waals surface area contributed by atoms with Gasteiger partial charge in [0.15, 0.2) is 0 Å². The molecule has 0 spiro atoms. The van der Waals surface area contributed by atoms with Crippen molar-refractivity contribution in [2.75, 3.05) is 33.4 Å². The average molecular weight is 171 g/mol. The molecule has 0 aliphatic heterocycles. The van der Waals surface area contributed by atoms with E-state index in [0.717, 1.165) is 6.54 Å². The lowest BCUT2D eigenvalue weighted by molar-refractivity contribution is 0.0110. The quantitative estimate of drug-likeness (QED) is 0.440. The van der Waals surface area contributed by atoms with Gasteiger partial charge in [-0.05, 0) is 6.92 Å². The smallest absolute Gasteiger partial charge is 0.0780 e. The fraction of sp³-hybridized carbons (Fsp3) is 0.778. The summed E-state index contributed by atoms with van der Waals surface area (Å²) in [5, 5.41) is 3.03. The molecular formula is C9H17NO2. The van der Waals surface area contributed by atoms with Crippen LogP contribution in [-0.4, -0.2) is 39.5 Å². The zero-order valence-corrected chi connectivity index (χ0v) is 7.80. The number of terminal acetylenes is 1. The van der Waals surface area contributed by atoms with Gasteiger partial charge in [-0.2, -0.15) is 0 Å². The summed E-state index contributed by atoms with van der Waals surface area (Å²) in [7, 11) is 1.66. The molecule has 0 saturated carbocycles. The summed E-state index contributed by atoms with van der Waals surface area (Å²) in [5.41, 5.74) is 0. The molecule has 1 atom stereocenters. The van der Waals surface area contributed by atoms with Crippen molar-refractivity contribution in [3.8, 4) is 12.3 Å². The molecule has 0 aromatic rings. The molecule has 3 heteroatoms. The highest BCUT2D eigenvalue weighted by atomic mass is 16.5. The van der Waals surface area contributed by atoms with Crippen molar-refractivity contribution in [1.82, 2.24) is 5.32 Å². The topological polar surface area (TPSA) is 30.5 Å². The minimum atomic E-state index is 0.155. The van der Waals surface area contributed by atoms with E-state index in [1.165, 1.54) is 0 Å². The third-order valence-electron chi connectivity index (χ3n) is 1.31. The van der Waals surface area contributed by atoms with Gasteiger partial charge in [-0.15, -0.1) is 6.42 Å². The standard InChI is InChI=1S/C9H17NO2/c1-4-5-10-6-7-12-9(2)8-11-3/h1,9-10H,5-8H2,2-3H3. The minimum Gasteiger partial charge on any atom is -0.382 e. The van der Waals surface area contributed by atoms with Crippen LogP contribution in [0.5, 0.6) is 0 Å². The summed E-state index contributed by atoms with van der Waals surface area (Å²) in [5.74, 6) is 2.49. The van der Waals surface area contributed by atoms with Gasteiger partial charge < -0.3 is 14.8 Å². The van der Waals surface area contributed by atoms with E-state index in [0.29, 0.717) is 19.8 Å². The van der Waals surface area contributed by atoms with Crippen LogP contribution in [0, 0.1) is 12.3 Å². The molecule has 0 radical (unpaired) electrons. The predicted molar refractivity (Wildman–Crippen MR) is 49.0 cm³/mol. The molecule has 0 bridgehead atoms. The van der Waals surface area contributed by atoms with Gasteiger partial charge in [-0.25, -0.2) is 0 Å². The van der Waals surface area contributed by atoms with E-state index in [1.807, 2.05) is 6.92 Å². The lowest BCUT2D eigenvalue weighted by Gasteiger charge is -2.11. The average Bonchev–Trinajstić information content (AvgIpc) is 2.05. The highest BCUT2D eigenvalue weighted by molar-refractivity contribution is 4.86. The number of methoxy groups -OCH3 is 1. The summed E-state index contributed by atoms with van der Waals surface area (Å²) in [4.78, 5) is 0. The van der Waals surface area contributed by atoms with Crippen molar-refractivity contribution < 1.29 is 9.47 Å². The van der Waals surface area contributed by atoms with Crippen LogP contribution in [0.15, 0.2) is 0 Å². The molecule has 70 valence electrons. The monoisotopic (exact) mass is 171 g/mol. The van der Waals surface area contributed by atoms with E-state index in [-0.39, 0.29) is 6.10 Å². The lowest BCUT2D eigenvalue weighted by Crippen LogP contribution is -2.24. The Kier molecular flexibility index (Phi) is 8.14. The van der Waals surface area contributed by atoms with Gasteiger partial charge in [0.1, 0.15) is 0 Å². The lowest BCUT2D eigenvalue weighted by atomic mass is 10.4. The zero-order chi connectivity index (χ0) is 9.23. The fourth-order valence-electron chi connectivity index (χ4n) is 0.776. The molecule has 0 aliphatic carbocycles. The van der Waals surface area contributed by atoms with Gasteiger partial charge >= 0.3 is 0 Å². The number of hydrogen-bond donors (Lipinski definition) is 1. The third kappa shape index (κ3) is 7.55. The van der Waals surface area contributed by atoms with E-state index < -0.39 is 0 Å². The zero-order valence-electron chi connectivity index (χ0n) is 7.80. The van der Waals surface area contributed by atoms with Crippen molar-refractivity contribution >= 4 is 0 Å². The first kappa shape index (κ1) is 11.4. The van der Waals surface area contributed by atoms with Crippen LogP contribution in [-0.2, 0) is 9.47 Å².